The quantitative estimate of drug-likeness (QED) is 0.431. The smallest absolute Gasteiger partial charge is 0.338 e. The minimum absolute atomic E-state index is 0.103. The maximum atomic E-state index is 13.3. The summed E-state index contributed by atoms with van der Waals surface area (Å²) in [5.74, 6) is 0.109. The zero-order valence-electron chi connectivity index (χ0n) is 22.0. The molecule has 6 fully saturated rings. The van der Waals surface area contributed by atoms with Gasteiger partial charge in [-0.15, -0.1) is 0 Å². The van der Waals surface area contributed by atoms with Crippen molar-refractivity contribution in [2.75, 3.05) is 13.2 Å². The number of fused-ring (bicyclic) bond motifs is 3. The van der Waals surface area contributed by atoms with Gasteiger partial charge in [0.2, 0.25) is 0 Å². The Morgan fingerprint density at radius 1 is 1.03 bits per heavy atom. The van der Waals surface area contributed by atoms with Gasteiger partial charge in [0, 0.05) is 42.1 Å². The normalized spacial score (nSPS) is 54.0. The summed E-state index contributed by atoms with van der Waals surface area (Å²) >= 11 is 0. The molecule has 3 heterocycles. The number of hydrogen-bond acceptors (Lipinski definition) is 7. The standard InChI is InChI=1S/C28H40O7/c1-15(29)33-20-13-18-24(2,3)19(30)8-10-25(18,4)17-7-11-26(5)21(16-9-12-32-14-16)34-23(31)22-28(26,35-22)27(17,20)6/h16-18,20-22H,7-14H2,1-6H3/t16-,17+,18-,20+,21-,22+,25+,26-,27-,28+/m0/s1. The molecule has 0 aromatic carbocycles. The van der Waals surface area contributed by atoms with Crippen molar-refractivity contribution in [2.24, 2.45) is 39.4 Å². The summed E-state index contributed by atoms with van der Waals surface area (Å²) in [6.07, 6.45) is 3.36. The van der Waals surface area contributed by atoms with Crippen LogP contribution in [0.4, 0.5) is 0 Å². The molecule has 3 aliphatic heterocycles. The van der Waals surface area contributed by atoms with Crippen LogP contribution in [0.1, 0.15) is 80.1 Å². The fourth-order valence-electron chi connectivity index (χ4n) is 10.3. The summed E-state index contributed by atoms with van der Waals surface area (Å²) in [5.41, 5.74) is -2.29. The van der Waals surface area contributed by atoms with Gasteiger partial charge in [-0.2, -0.15) is 0 Å². The van der Waals surface area contributed by atoms with Crippen LogP contribution in [0.2, 0.25) is 0 Å². The molecule has 0 radical (unpaired) electrons. The lowest BCUT2D eigenvalue weighted by molar-refractivity contribution is -0.266. The van der Waals surface area contributed by atoms with E-state index in [4.69, 9.17) is 18.9 Å². The molecule has 6 aliphatic rings. The number of epoxide rings is 1. The van der Waals surface area contributed by atoms with Gasteiger partial charge in [0.25, 0.3) is 0 Å². The van der Waals surface area contributed by atoms with Gasteiger partial charge in [-0.1, -0.05) is 34.6 Å². The fourth-order valence-corrected chi connectivity index (χ4v) is 10.3. The summed E-state index contributed by atoms with van der Waals surface area (Å²) in [7, 11) is 0. The van der Waals surface area contributed by atoms with Crippen molar-refractivity contribution in [2.45, 2.75) is 104 Å². The minimum atomic E-state index is -0.745. The Labute approximate surface area is 207 Å². The van der Waals surface area contributed by atoms with Crippen molar-refractivity contribution in [1.82, 2.24) is 0 Å². The lowest BCUT2D eigenvalue weighted by Gasteiger charge is -2.70. The van der Waals surface area contributed by atoms with Crippen LogP contribution in [0, 0.1) is 39.4 Å². The average molecular weight is 489 g/mol. The van der Waals surface area contributed by atoms with E-state index in [1.54, 1.807) is 0 Å². The predicted octanol–water partition coefficient (Wildman–Crippen LogP) is 3.86. The van der Waals surface area contributed by atoms with E-state index in [-0.39, 0.29) is 41.2 Å². The molecule has 35 heavy (non-hydrogen) atoms. The summed E-state index contributed by atoms with van der Waals surface area (Å²) in [6, 6.07) is 0. The first-order valence-corrected chi connectivity index (χ1v) is 13.5. The van der Waals surface area contributed by atoms with Gasteiger partial charge in [-0.3, -0.25) is 9.59 Å². The molecule has 0 bridgehead atoms. The molecular formula is C28H40O7. The molecule has 1 spiro atoms. The zero-order chi connectivity index (χ0) is 25.2. The van der Waals surface area contributed by atoms with Crippen molar-refractivity contribution in [3.8, 4) is 0 Å². The van der Waals surface area contributed by atoms with Crippen LogP contribution in [-0.4, -0.2) is 54.8 Å². The van der Waals surface area contributed by atoms with Crippen LogP contribution in [-0.2, 0) is 33.3 Å². The average Bonchev–Trinajstić information content (AvgIpc) is 3.35. The predicted molar refractivity (Wildman–Crippen MR) is 125 cm³/mol. The molecule has 6 rings (SSSR count). The third-order valence-electron chi connectivity index (χ3n) is 11.9. The summed E-state index contributed by atoms with van der Waals surface area (Å²) in [4.78, 5) is 38.8. The molecular weight excluding hydrogens is 448 g/mol. The SMILES string of the molecule is CC(=O)O[C@@H]1C[C@H]2C(C)(C)C(=O)CC[C@]2(C)[C@H]2CC[C@@]3(C)[C@H]([C@H]4CCOC4)OC(=O)[C@H]4O[C@]43[C@@]21C. The third-order valence-corrected chi connectivity index (χ3v) is 11.9. The Bertz CT molecular complexity index is 984. The van der Waals surface area contributed by atoms with Gasteiger partial charge in [0.05, 0.1) is 6.61 Å². The first kappa shape index (κ1) is 23.9. The van der Waals surface area contributed by atoms with Crippen molar-refractivity contribution in [3.63, 3.8) is 0 Å². The van der Waals surface area contributed by atoms with Crippen molar-refractivity contribution >= 4 is 17.7 Å². The molecule has 0 unspecified atom stereocenters. The second-order valence-corrected chi connectivity index (χ2v) is 13.5. The second-order valence-electron chi connectivity index (χ2n) is 13.5. The van der Waals surface area contributed by atoms with Crippen LogP contribution >= 0.6 is 0 Å². The number of esters is 2. The Hall–Kier alpha value is -1.47. The van der Waals surface area contributed by atoms with E-state index in [9.17, 15) is 14.4 Å². The number of ketones is 1. The fraction of sp³-hybridized carbons (Fsp3) is 0.893. The minimum Gasteiger partial charge on any atom is -0.462 e. The van der Waals surface area contributed by atoms with E-state index in [1.807, 2.05) is 0 Å². The summed E-state index contributed by atoms with van der Waals surface area (Å²) in [5, 5.41) is 0. The molecule has 0 aromatic heterocycles. The third kappa shape index (κ3) is 2.67. The van der Waals surface area contributed by atoms with Crippen molar-refractivity contribution in [3.05, 3.63) is 0 Å². The summed E-state index contributed by atoms with van der Waals surface area (Å²) < 4.78 is 24.6. The number of carbonyl (C=O) groups excluding carboxylic acids is 3. The summed E-state index contributed by atoms with van der Waals surface area (Å²) in [6.45, 7) is 13.7. The Balaban J connectivity index is 1.50. The van der Waals surface area contributed by atoms with Crippen LogP contribution < -0.4 is 0 Å². The van der Waals surface area contributed by atoms with Gasteiger partial charge >= 0.3 is 11.9 Å². The topological polar surface area (TPSA) is 91.4 Å². The Morgan fingerprint density at radius 2 is 1.77 bits per heavy atom. The molecule has 7 nitrogen and oxygen atoms in total. The van der Waals surface area contributed by atoms with Crippen LogP contribution in [0.5, 0.6) is 0 Å². The zero-order valence-corrected chi connectivity index (χ0v) is 22.0. The largest absolute Gasteiger partial charge is 0.462 e. The molecule has 3 saturated carbocycles. The first-order chi connectivity index (χ1) is 16.3. The molecule has 0 N–H and O–H groups in total. The van der Waals surface area contributed by atoms with E-state index in [1.165, 1.54) is 6.92 Å². The molecule has 0 aromatic rings. The number of Topliss-reactive ketones (excluding diaryl/α,β-unsaturated/α-hetero) is 1. The van der Waals surface area contributed by atoms with E-state index < -0.39 is 34.1 Å². The first-order valence-electron chi connectivity index (χ1n) is 13.5. The highest BCUT2D eigenvalue weighted by molar-refractivity contribution is 5.86. The van der Waals surface area contributed by atoms with E-state index in [2.05, 4.69) is 34.6 Å². The van der Waals surface area contributed by atoms with Crippen molar-refractivity contribution in [1.29, 1.82) is 0 Å². The maximum Gasteiger partial charge on any atom is 0.338 e. The van der Waals surface area contributed by atoms with E-state index in [0.29, 0.717) is 31.8 Å². The van der Waals surface area contributed by atoms with Gasteiger partial charge in [-0.25, -0.2) is 4.79 Å². The van der Waals surface area contributed by atoms with Gasteiger partial charge in [0.15, 0.2) is 6.10 Å². The van der Waals surface area contributed by atoms with Crippen LogP contribution in [0.3, 0.4) is 0 Å². The highest BCUT2D eigenvalue weighted by atomic mass is 16.7. The number of cyclic esters (lactones) is 1. The van der Waals surface area contributed by atoms with Crippen LogP contribution in [0.15, 0.2) is 0 Å². The molecule has 7 heteroatoms. The highest BCUT2D eigenvalue weighted by Crippen LogP contribution is 2.79. The monoisotopic (exact) mass is 488 g/mol. The molecule has 0 amide bonds. The lowest BCUT2D eigenvalue weighted by Crippen LogP contribution is -2.74. The maximum absolute atomic E-state index is 13.3. The molecule has 194 valence electrons. The van der Waals surface area contributed by atoms with Crippen molar-refractivity contribution < 1.29 is 33.3 Å². The molecule has 3 aliphatic carbocycles. The molecule has 3 saturated heterocycles. The number of rotatable bonds is 2. The highest BCUT2D eigenvalue weighted by Gasteiger charge is 2.88. The number of carbonyl (C=O) groups is 3. The van der Waals surface area contributed by atoms with E-state index >= 15 is 0 Å². The lowest BCUT2D eigenvalue weighted by atomic mass is 9.34. The van der Waals surface area contributed by atoms with Gasteiger partial charge in [-0.05, 0) is 49.4 Å². The Kier molecular flexibility index (Phi) is 4.84. The van der Waals surface area contributed by atoms with Crippen LogP contribution in [0.25, 0.3) is 0 Å². The molecule has 10 atom stereocenters. The number of ether oxygens (including phenoxy) is 4. The Morgan fingerprint density at radius 3 is 2.43 bits per heavy atom. The van der Waals surface area contributed by atoms with E-state index in [0.717, 1.165) is 25.7 Å². The second kappa shape index (κ2) is 7.09. The number of hydrogen-bond donors (Lipinski definition) is 0. The van der Waals surface area contributed by atoms with Gasteiger partial charge in [0.1, 0.15) is 23.6 Å². The van der Waals surface area contributed by atoms with Gasteiger partial charge < -0.3 is 18.9 Å².